The maximum Gasteiger partial charge on any atom is 0.125 e. The Kier molecular flexibility index (Phi) is 4.54. The number of likely N-dealkylation sites (tertiary alicyclic amines) is 1. The van der Waals surface area contributed by atoms with Crippen LogP contribution >= 0.6 is 11.3 Å². The fourth-order valence-corrected chi connectivity index (χ4v) is 4.74. The second-order valence-electron chi connectivity index (χ2n) is 6.85. The Labute approximate surface area is 151 Å². The molecule has 130 valence electrons. The number of piperidine rings is 1. The number of aromatic nitrogens is 1. The van der Waals surface area contributed by atoms with Gasteiger partial charge >= 0.3 is 0 Å². The van der Waals surface area contributed by atoms with E-state index in [2.05, 4.69) is 40.2 Å². The van der Waals surface area contributed by atoms with Gasteiger partial charge in [-0.05, 0) is 43.6 Å². The lowest BCUT2D eigenvalue weighted by molar-refractivity contribution is 0.156. The molecule has 5 heteroatoms. The second kappa shape index (κ2) is 6.83. The van der Waals surface area contributed by atoms with Gasteiger partial charge in [-0.15, -0.1) is 11.3 Å². The summed E-state index contributed by atoms with van der Waals surface area (Å²) in [6, 6.07) is 15.5. The number of hydrogen-bond donors (Lipinski definition) is 1. The summed E-state index contributed by atoms with van der Waals surface area (Å²) in [6.45, 7) is 3.54. The predicted octanol–water partition coefficient (Wildman–Crippen LogP) is 3.93. The third-order valence-electron chi connectivity index (χ3n) is 5.34. The van der Waals surface area contributed by atoms with Crippen molar-refractivity contribution in [2.24, 2.45) is 5.73 Å². The molecule has 3 aromatic rings. The van der Waals surface area contributed by atoms with Gasteiger partial charge in [0.1, 0.15) is 10.8 Å². The van der Waals surface area contributed by atoms with Crippen LogP contribution < -0.4 is 5.73 Å². The van der Waals surface area contributed by atoms with Gasteiger partial charge in [0.25, 0.3) is 0 Å². The van der Waals surface area contributed by atoms with Gasteiger partial charge in [0.2, 0.25) is 0 Å². The molecule has 1 saturated heterocycles. The summed E-state index contributed by atoms with van der Waals surface area (Å²) in [5.74, 6) is -0.224. The number of thiazole rings is 1. The monoisotopic (exact) mass is 355 g/mol. The minimum Gasteiger partial charge on any atom is -0.330 e. The molecule has 0 spiro atoms. The van der Waals surface area contributed by atoms with Gasteiger partial charge in [0.15, 0.2) is 0 Å². The Hall–Kier alpha value is -1.82. The highest BCUT2D eigenvalue weighted by atomic mass is 32.1. The molecular weight excluding hydrogens is 333 g/mol. The van der Waals surface area contributed by atoms with Crippen LogP contribution in [0.5, 0.6) is 0 Å². The molecule has 2 heterocycles. The number of fused-ring (bicyclic) bond motifs is 1. The summed E-state index contributed by atoms with van der Waals surface area (Å²) in [5.41, 5.74) is 8.38. The van der Waals surface area contributed by atoms with E-state index in [0.29, 0.717) is 6.54 Å². The van der Waals surface area contributed by atoms with Gasteiger partial charge in [-0.3, -0.25) is 4.90 Å². The molecule has 1 aromatic heterocycles. The standard InChI is InChI=1S/C20H22FN3S/c21-16-6-7-18-17(12-16)23-19(25-18)13-24-10-8-20(14-22,9-11-24)15-4-2-1-3-5-15/h1-7,12H,8-11,13-14,22H2. The van der Waals surface area contributed by atoms with Crippen molar-refractivity contribution in [1.29, 1.82) is 0 Å². The molecule has 0 aliphatic carbocycles. The molecular formula is C20H22FN3S. The zero-order valence-electron chi connectivity index (χ0n) is 14.1. The van der Waals surface area contributed by atoms with Crippen molar-refractivity contribution in [1.82, 2.24) is 9.88 Å². The molecule has 0 amide bonds. The first-order chi connectivity index (χ1) is 12.2. The number of rotatable bonds is 4. The molecule has 3 nitrogen and oxygen atoms in total. The smallest absolute Gasteiger partial charge is 0.125 e. The van der Waals surface area contributed by atoms with Crippen molar-refractivity contribution < 1.29 is 4.39 Å². The summed E-state index contributed by atoms with van der Waals surface area (Å²) in [7, 11) is 0. The minimum atomic E-state index is -0.224. The van der Waals surface area contributed by atoms with Crippen molar-refractivity contribution in [2.45, 2.75) is 24.8 Å². The van der Waals surface area contributed by atoms with E-state index in [1.54, 1.807) is 11.3 Å². The van der Waals surface area contributed by atoms with Gasteiger partial charge in [0, 0.05) is 18.0 Å². The first kappa shape index (κ1) is 16.6. The Bertz CT molecular complexity index is 854. The Morgan fingerprint density at radius 1 is 1.12 bits per heavy atom. The lowest BCUT2D eigenvalue weighted by Crippen LogP contribution is -2.46. The molecule has 1 fully saturated rings. The SMILES string of the molecule is NCC1(c2ccccc2)CCN(Cc2nc3cc(F)ccc3s2)CC1. The maximum absolute atomic E-state index is 13.3. The highest BCUT2D eigenvalue weighted by molar-refractivity contribution is 7.18. The summed E-state index contributed by atoms with van der Waals surface area (Å²) in [6.07, 6.45) is 2.13. The van der Waals surface area contributed by atoms with Crippen LogP contribution in [0, 0.1) is 5.82 Å². The van der Waals surface area contributed by atoms with E-state index < -0.39 is 0 Å². The topological polar surface area (TPSA) is 42.1 Å². The van der Waals surface area contributed by atoms with Crippen molar-refractivity contribution in [3.63, 3.8) is 0 Å². The molecule has 2 N–H and O–H groups in total. The minimum absolute atomic E-state index is 0.0917. The van der Waals surface area contributed by atoms with Crippen LogP contribution in [-0.2, 0) is 12.0 Å². The normalized spacial score (nSPS) is 17.8. The average Bonchev–Trinajstić information content (AvgIpc) is 3.04. The summed E-state index contributed by atoms with van der Waals surface area (Å²) < 4.78 is 14.4. The van der Waals surface area contributed by atoms with Crippen LogP contribution in [-0.4, -0.2) is 29.5 Å². The molecule has 1 aliphatic heterocycles. The molecule has 0 radical (unpaired) electrons. The van der Waals surface area contributed by atoms with Gasteiger partial charge < -0.3 is 5.73 Å². The fraction of sp³-hybridized carbons (Fsp3) is 0.350. The number of benzene rings is 2. The summed E-state index contributed by atoms with van der Waals surface area (Å²) >= 11 is 1.66. The lowest BCUT2D eigenvalue weighted by atomic mass is 9.73. The van der Waals surface area contributed by atoms with E-state index in [4.69, 9.17) is 5.73 Å². The predicted molar refractivity (Wildman–Crippen MR) is 101 cm³/mol. The van der Waals surface area contributed by atoms with E-state index in [0.717, 1.165) is 47.7 Å². The van der Waals surface area contributed by atoms with Crippen LogP contribution in [0.3, 0.4) is 0 Å². The van der Waals surface area contributed by atoms with E-state index in [1.807, 2.05) is 6.07 Å². The van der Waals surface area contributed by atoms with Crippen molar-refractivity contribution in [2.75, 3.05) is 19.6 Å². The van der Waals surface area contributed by atoms with E-state index >= 15 is 0 Å². The molecule has 4 rings (SSSR count). The van der Waals surface area contributed by atoms with Crippen molar-refractivity contribution in [3.05, 3.63) is 64.9 Å². The third kappa shape index (κ3) is 3.32. The quantitative estimate of drug-likeness (QED) is 0.771. The highest BCUT2D eigenvalue weighted by Crippen LogP contribution is 2.35. The summed E-state index contributed by atoms with van der Waals surface area (Å²) in [4.78, 5) is 7.03. The zero-order valence-corrected chi connectivity index (χ0v) is 14.9. The maximum atomic E-state index is 13.3. The molecule has 0 atom stereocenters. The Morgan fingerprint density at radius 3 is 2.60 bits per heavy atom. The largest absolute Gasteiger partial charge is 0.330 e. The van der Waals surface area contributed by atoms with E-state index in [-0.39, 0.29) is 11.2 Å². The van der Waals surface area contributed by atoms with Crippen LogP contribution in [0.1, 0.15) is 23.4 Å². The van der Waals surface area contributed by atoms with Crippen LogP contribution in [0.15, 0.2) is 48.5 Å². The van der Waals surface area contributed by atoms with Gasteiger partial charge in [-0.25, -0.2) is 9.37 Å². The first-order valence-corrected chi connectivity index (χ1v) is 9.53. The number of nitrogens with zero attached hydrogens (tertiary/aromatic N) is 2. The van der Waals surface area contributed by atoms with Crippen LogP contribution in [0.4, 0.5) is 4.39 Å². The molecule has 25 heavy (non-hydrogen) atoms. The molecule has 0 saturated carbocycles. The van der Waals surface area contributed by atoms with Gasteiger partial charge in [-0.2, -0.15) is 0 Å². The molecule has 0 unspecified atom stereocenters. The second-order valence-corrected chi connectivity index (χ2v) is 7.96. The van der Waals surface area contributed by atoms with Gasteiger partial charge in [-0.1, -0.05) is 30.3 Å². The lowest BCUT2D eigenvalue weighted by Gasteiger charge is -2.41. The fourth-order valence-electron chi connectivity index (χ4n) is 3.75. The summed E-state index contributed by atoms with van der Waals surface area (Å²) in [5, 5.41) is 1.06. The van der Waals surface area contributed by atoms with Crippen LogP contribution in [0.2, 0.25) is 0 Å². The number of nitrogens with two attached hydrogens (primary N) is 1. The van der Waals surface area contributed by atoms with E-state index in [9.17, 15) is 4.39 Å². The van der Waals surface area contributed by atoms with E-state index in [1.165, 1.54) is 17.7 Å². The Balaban J connectivity index is 1.46. The molecule has 2 aromatic carbocycles. The molecule has 1 aliphatic rings. The number of hydrogen-bond acceptors (Lipinski definition) is 4. The average molecular weight is 355 g/mol. The van der Waals surface area contributed by atoms with Gasteiger partial charge in [0.05, 0.1) is 16.8 Å². The Morgan fingerprint density at radius 2 is 1.88 bits per heavy atom. The molecule has 0 bridgehead atoms. The number of halogens is 1. The van der Waals surface area contributed by atoms with Crippen molar-refractivity contribution >= 4 is 21.6 Å². The highest BCUT2D eigenvalue weighted by Gasteiger charge is 2.35. The van der Waals surface area contributed by atoms with Crippen LogP contribution in [0.25, 0.3) is 10.2 Å². The zero-order chi connectivity index (χ0) is 17.3. The third-order valence-corrected chi connectivity index (χ3v) is 6.36. The van der Waals surface area contributed by atoms with Crippen molar-refractivity contribution in [3.8, 4) is 0 Å². The first-order valence-electron chi connectivity index (χ1n) is 8.71.